The normalized spacial score (nSPS) is 27.5. The second-order valence-corrected chi connectivity index (χ2v) is 6.51. The topological polar surface area (TPSA) is 67.4 Å². The number of rotatable bonds is 4. The number of carbonyl (C=O) groups is 2. The maximum Gasteiger partial charge on any atom is 0.242 e. The van der Waals surface area contributed by atoms with Crippen LogP contribution < -0.4 is 10.6 Å². The largest absolute Gasteiger partial charge is 0.373 e. The number of hydrogen-bond acceptors (Lipinski definition) is 3. The molecule has 5 nitrogen and oxygen atoms in total. The van der Waals surface area contributed by atoms with Crippen LogP contribution >= 0.6 is 0 Å². The van der Waals surface area contributed by atoms with E-state index in [4.69, 9.17) is 4.74 Å². The number of amides is 2. The molecule has 3 atom stereocenters. The van der Waals surface area contributed by atoms with Crippen molar-refractivity contribution in [3.8, 4) is 0 Å². The third kappa shape index (κ3) is 3.91. The summed E-state index contributed by atoms with van der Waals surface area (Å²) in [5.74, 6) is 0.153. The molecule has 5 heteroatoms. The smallest absolute Gasteiger partial charge is 0.242 e. The highest BCUT2D eigenvalue weighted by atomic mass is 16.5. The molecule has 0 radical (unpaired) electrons. The summed E-state index contributed by atoms with van der Waals surface area (Å²) in [5.41, 5.74) is 2.40. The summed E-state index contributed by atoms with van der Waals surface area (Å²) in [5, 5.41) is 5.70. The van der Waals surface area contributed by atoms with E-state index in [9.17, 15) is 9.59 Å². The zero-order chi connectivity index (χ0) is 16.2. The number of ether oxygens (including phenoxy) is 1. The van der Waals surface area contributed by atoms with Crippen molar-refractivity contribution in [1.82, 2.24) is 10.6 Å². The summed E-state index contributed by atoms with van der Waals surface area (Å²) in [6.07, 6.45) is 3.12. The van der Waals surface area contributed by atoms with Crippen molar-refractivity contribution >= 4 is 11.8 Å². The molecule has 1 aromatic carbocycles. The number of benzene rings is 1. The van der Waals surface area contributed by atoms with E-state index >= 15 is 0 Å². The minimum absolute atomic E-state index is 0.0304. The first-order chi connectivity index (χ1) is 11.1. The number of aryl methyl sites for hydroxylation is 1. The molecule has 2 saturated heterocycles. The second-order valence-electron chi connectivity index (χ2n) is 6.51. The minimum Gasteiger partial charge on any atom is -0.373 e. The molecule has 0 unspecified atom stereocenters. The summed E-state index contributed by atoms with van der Waals surface area (Å²) < 4.78 is 5.97. The van der Waals surface area contributed by atoms with Gasteiger partial charge in [0.25, 0.3) is 0 Å². The Kier molecular flexibility index (Phi) is 4.96. The fourth-order valence-corrected chi connectivity index (χ4v) is 3.34. The van der Waals surface area contributed by atoms with Crippen LogP contribution in [0.1, 0.15) is 42.9 Å². The van der Waals surface area contributed by atoms with Gasteiger partial charge in [0.05, 0.1) is 6.10 Å². The molecule has 0 aliphatic carbocycles. The molecule has 0 saturated carbocycles. The van der Waals surface area contributed by atoms with Crippen molar-refractivity contribution < 1.29 is 14.3 Å². The molecule has 23 heavy (non-hydrogen) atoms. The Labute approximate surface area is 136 Å². The molecule has 2 heterocycles. The molecule has 2 N–H and O–H groups in total. The van der Waals surface area contributed by atoms with Gasteiger partial charge < -0.3 is 15.4 Å². The lowest BCUT2D eigenvalue weighted by Crippen LogP contribution is -2.44. The van der Waals surface area contributed by atoms with E-state index in [1.54, 1.807) is 0 Å². The molecule has 2 fully saturated rings. The average molecular weight is 316 g/mol. The van der Waals surface area contributed by atoms with Crippen LogP contribution in [0.4, 0.5) is 0 Å². The first-order valence-corrected chi connectivity index (χ1v) is 8.39. The van der Waals surface area contributed by atoms with E-state index < -0.39 is 0 Å². The molecule has 2 amide bonds. The van der Waals surface area contributed by atoms with Crippen LogP contribution in [-0.2, 0) is 14.3 Å². The highest BCUT2D eigenvalue weighted by Crippen LogP contribution is 2.33. The van der Waals surface area contributed by atoms with Crippen molar-refractivity contribution in [3.05, 3.63) is 35.4 Å². The van der Waals surface area contributed by atoms with Crippen LogP contribution in [0.15, 0.2) is 24.3 Å². The molecule has 0 aromatic heterocycles. The Hall–Kier alpha value is -1.88. The van der Waals surface area contributed by atoms with E-state index in [0.29, 0.717) is 19.4 Å². The molecule has 0 bridgehead atoms. The lowest BCUT2D eigenvalue weighted by atomic mass is 9.89. The lowest BCUT2D eigenvalue weighted by molar-refractivity contribution is -0.126. The summed E-state index contributed by atoms with van der Waals surface area (Å²) in [4.78, 5) is 23.4. The summed E-state index contributed by atoms with van der Waals surface area (Å²) in [6, 6.07) is 8.03. The van der Waals surface area contributed by atoms with Crippen LogP contribution in [0, 0.1) is 12.8 Å². The predicted molar refractivity (Wildman–Crippen MR) is 86.8 cm³/mol. The fraction of sp³-hybridized carbons (Fsp3) is 0.556. The number of nitrogens with one attached hydrogen (secondary N) is 2. The van der Waals surface area contributed by atoms with Gasteiger partial charge in [-0.25, -0.2) is 0 Å². The summed E-state index contributed by atoms with van der Waals surface area (Å²) in [6.45, 7) is 3.42. The zero-order valence-electron chi connectivity index (χ0n) is 13.5. The third-order valence-electron chi connectivity index (χ3n) is 4.70. The Morgan fingerprint density at radius 1 is 1.30 bits per heavy atom. The molecule has 2 aliphatic rings. The van der Waals surface area contributed by atoms with Gasteiger partial charge in [-0.2, -0.15) is 0 Å². The maximum absolute atomic E-state index is 12.2. The van der Waals surface area contributed by atoms with Gasteiger partial charge in [0, 0.05) is 25.5 Å². The first kappa shape index (κ1) is 16.0. The van der Waals surface area contributed by atoms with Crippen molar-refractivity contribution in [2.24, 2.45) is 5.92 Å². The van der Waals surface area contributed by atoms with Gasteiger partial charge in [0.15, 0.2) is 0 Å². The second kappa shape index (κ2) is 7.13. The Bertz CT molecular complexity index is 570. The zero-order valence-corrected chi connectivity index (χ0v) is 13.5. The lowest BCUT2D eigenvalue weighted by Gasteiger charge is -2.32. The van der Waals surface area contributed by atoms with Crippen molar-refractivity contribution in [1.29, 1.82) is 0 Å². The number of carbonyl (C=O) groups excluding carboxylic acids is 2. The SMILES string of the molecule is Cc1ccc([C@H]2OCCC[C@H]2CNC(=O)[C@H]2CCC(=O)N2)cc1. The van der Waals surface area contributed by atoms with Gasteiger partial charge >= 0.3 is 0 Å². The van der Waals surface area contributed by atoms with Crippen LogP contribution in [0.25, 0.3) is 0 Å². The molecule has 1 aromatic rings. The third-order valence-corrected chi connectivity index (χ3v) is 4.70. The van der Waals surface area contributed by atoms with Crippen LogP contribution in [0.2, 0.25) is 0 Å². The molecule has 2 aliphatic heterocycles. The van der Waals surface area contributed by atoms with Crippen molar-refractivity contribution in [2.45, 2.75) is 44.8 Å². The van der Waals surface area contributed by atoms with Crippen LogP contribution in [-0.4, -0.2) is 31.0 Å². The van der Waals surface area contributed by atoms with Gasteiger partial charge in [-0.05, 0) is 31.7 Å². The molecule has 0 spiro atoms. The van der Waals surface area contributed by atoms with E-state index in [0.717, 1.165) is 19.4 Å². The highest BCUT2D eigenvalue weighted by Gasteiger charge is 2.30. The Balaban J connectivity index is 1.59. The van der Waals surface area contributed by atoms with Crippen LogP contribution in [0.5, 0.6) is 0 Å². The van der Waals surface area contributed by atoms with E-state index in [1.165, 1.54) is 11.1 Å². The van der Waals surface area contributed by atoms with Crippen LogP contribution in [0.3, 0.4) is 0 Å². The minimum atomic E-state index is -0.371. The quantitative estimate of drug-likeness (QED) is 0.891. The highest BCUT2D eigenvalue weighted by molar-refractivity contribution is 5.90. The fourth-order valence-electron chi connectivity index (χ4n) is 3.34. The van der Waals surface area contributed by atoms with Gasteiger partial charge in [-0.15, -0.1) is 0 Å². The van der Waals surface area contributed by atoms with Gasteiger partial charge in [-0.3, -0.25) is 9.59 Å². The molecule has 3 rings (SSSR count). The summed E-state index contributed by atoms with van der Waals surface area (Å²) >= 11 is 0. The van der Waals surface area contributed by atoms with Gasteiger partial charge in [-0.1, -0.05) is 29.8 Å². The standard InChI is InChI=1S/C18H24N2O3/c1-12-4-6-13(7-5-12)17-14(3-2-10-23-17)11-19-18(22)15-8-9-16(21)20-15/h4-7,14-15,17H,2-3,8-11H2,1H3,(H,19,22)(H,20,21)/t14-,15+,17+/m0/s1. The number of hydrogen-bond donors (Lipinski definition) is 2. The maximum atomic E-state index is 12.2. The Morgan fingerprint density at radius 3 is 2.78 bits per heavy atom. The first-order valence-electron chi connectivity index (χ1n) is 8.39. The van der Waals surface area contributed by atoms with Crippen molar-refractivity contribution in [2.75, 3.05) is 13.2 Å². The van der Waals surface area contributed by atoms with E-state index in [1.807, 2.05) is 0 Å². The Morgan fingerprint density at radius 2 is 2.09 bits per heavy atom. The predicted octanol–water partition coefficient (Wildman–Crippen LogP) is 1.86. The van der Waals surface area contributed by atoms with E-state index in [-0.39, 0.29) is 29.9 Å². The molecular formula is C18H24N2O3. The summed E-state index contributed by atoms with van der Waals surface area (Å²) in [7, 11) is 0. The van der Waals surface area contributed by atoms with Crippen molar-refractivity contribution in [3.63, 3.8) is 0 Å². The van der Waals surface area contributed by atoms with Gasteiger partial charge in [0.1, 0.15) is 6.04 Å². The average Bonchev–Trinajstić information content (AvgIpc) is 3.00. The van der Waals surface area contributed by atoms with E-state index in [2.05, 4.69) is 41.8 Å². The monoisotopic (exact) mass is 316 g/mol. The molecular weight excluding hydrogens is 292 g/mol. The van der Waals surface area contributed by atoms with Gasteiger partial charge in [0.2, 0.25) is 11.8 Å². The molecule has 124 valence electrons.